The van der Waals surface area contributed by atoms with Crippen LogP contribution in [0.1, 0.15) is 12.6 Å². The third-order valence-electron chi connectivity index (χ3n) is 1.82. The zero-order valence-electron chi connectivity index (χ0n) is 9.08. The van der Waals surface area contributed by atoms with Crippen LogP contribution in [-0.4, -0.2) is 31.3 Å². The van der Waals surface area contributed by atoms with E-state index in [1.165, 1.54) is 4.68 Å². The average molecular weight is 220 g/mol. The number of hydrogen-bond donors (Lipinski definition) is 1. The molecular weight excluding hydrogens is 208 g/mol. The van der Waals surface area contributed by atoms with Gasteiger partial charge in [-0.15, -0.1) is 0 Å². The molecule has 0 aliphatic heterocycles. The van der Waals surface area contributed by atoms with Crippen molar-refractivity contribution in [2.45, 2.75) is 13.8 Å². The highest BCUT2D eigenvalue weighted by molar-refractivity contribution is 5.24. The summed E-state index contributed by atoms with van der Waals surface area (Å²) in [7, 11) is 0. The molecule has 0 aliphatic carbocycles. The van der Waals surface area contributed by atoms with Gasteiger partial charge in [0.05, 0.1) is 12.3 Å². The van der Waals surface area contributed by atoms with Crippen molar-refractivity contribution in [3.05, 3.63) is 18.0 Å². The third kappa shape index (κ3) is 2.08. The molecule has 0 spiro atoms. The van der Waals surface area contributed by atoms with Gasteiger partial charge in [-0.3, -0.25) is 0 Å². The standard InChI is InChI=1S/C9H12N6O/c1-3-16-9-12-7(10)11-8(13-9)15-5-4-6(2)14-15/h4-5H,3H2,1-2H3,(H2,10,11,12,13). The summed E-state index contributed by atoms with van der Waals surface area (Å²) in [6.45, 7) is 4.20. The molecule has 0 aliphatic rings. The first-order valence-corrected chi connectivity index (χ1v) is 4.86. The first-order chi connectivity index (χ1) is 7.69. The van der Waals surface area contributed by atoms with Gasteiger partial charge >= 0.3 is 6.01 Å². The molecule has 0 saturated heterocycles. The Morgan fingerprint density at radius 2 is 2.19 bits per heavy atom. The van der Waals surface area contributed by atoms with E-state index in [0.717, 1.165) is 5.69 Å². The van der Waals surface area contributed by atoms with Crippen LogP contribution in [0.15, 0.2) is 12.3 Å². The number of ether oxygens (including phenoxy) is 1. The maximum absolute atomic E-state index is 5.55. The second-order valence-electron chi connectivity index (χ2n) is 3.11. The Labute approximate surface area is 92.3 Å². The molecule has 2 rings (SSSR count). The quantitative estimate of drug-likeness (QED) is 0.802. The molecule has 2 heterocycles. The molecule has 7 nitrogen and oxygen atoms in total. The van der Waals surface area contributed by atoms with Crippen molar-refractivity contribution in [3.8, 4) is 12.0 Å². The Kier molecular flexibility index (Phi) is 2.67. The number of aryl methyl sites for hydroxylation is 1. The number of anilines is 1. The zero-order valence-corrected chi connectivity index (χ0v) is 9.08. The van der Waals surface area contributed by atoms with E-state index in [0.29, 0.717) is 12.6 Å². The van der Waals surface area contributed by atoms with E-state index in [9.17, 15) is 0 Å². The van der Waals surface area contributed by atoms with Gasteiger partial charge in [0.1, 0.15) is 0 Å². The van der Waals surface area contributed by atoms with E-state index in [1.807, 2.05) is 19.9 Å². The van der Waals surface area contributed by atoms with Crippen LogP contribution in [0.25, 0.3) is 5.95 Å². The second-order valence-corrected chi connectivity index (χ2v) is 3.11. The van der Waals surface area contributed by atoms with Gasteiger partial charge in [-0.1, -0.05) is 0 Å². The fourth-order valence-corrected chi connectivity index (χ4v) is 1.18. The summed E-state index contributed by atoms with van der Waals surface area (Å²) in [5.41, 5.74) is 6.42. The lowest BCUT2D eigenvalue weighted by Gasteiger charge is -2.04. The van der Waals surface area contributed by atoms with Gasteiger partial charge < -0.3 is 10.5 Å². The summed E-state index contributed by atoms with van der Waals surface area (Å²) in [5, 5.41) is 4.18. The first kappa shape index (κ1) is 10.3. The molecule has 2 N–H and O–H groups in total. The molecule has 0 radical (unpaired) electrons. The van der Waals surface area contributed by atoms with Crippen LogP contribution >= 0.6 is 0 Å². The lowest BCUT2D eigenvalue weighted by atomic mass is 10.5. The number of hydrogen-bond acceptors (Lipinski definition) is 6. The minimum absolute atomic E-state index is 0.113. The SMILES string of the molecule is CCOc1nc(N)nc(-n2ccc(C)n2)n1. The van der Waals surface area contributed by atoms with Crippen LogP contribution < -0.4 is 10.5 Å². The highest BCUT2D eigenvalue weighted by atomic mass is 16.5. The molecule has 0 saturated carbocycles. The van der Waals surface area contributed by atoms with Crippen molar-refractivity contribution in [1.29, 1.82) is 0 Å². The molecular formula is C9H12N6O. The summed E-state index contributed by atoms with van der Waals surface area (Å²) in [6.07, 6.45) is 1.75. The van der Waals surface area contributed by atoms with Crippen molar-refractivity contribution in [2.75, 3.05) is 12.3 Å². The molecule has 0 amide bonds. The van der Waals surface area contributed by atoms with Gasteiger partial charge in [-0.25, -0.2) is 4.68 Å². The molecule has 16 heavy (non-hydrogen) atoms. The second kappa shape index (κ2) is 4.13. The minimum Gasteiger partial charge on any atom is -0.464 e. The van der Waals surface area contributed by atoms with E-state index >= 15 is 0 Å². The Morgan fingerprint density at radius 3 is 2.81 bits per heavy atom. The van der Waals surface area contributed by atoms with Crippen LogP contribution in [0.3, 0.4) is 0 Å². The molecule has 0 atom stereocenters. The minimum atomic E-state index is 0.113. The lowest BCUT2D eigenvalue weighted by Crippen LogP contribution is -2.09. The average Bonchev–Trinajstić information content (AvgIpc) is 2.64. The Bertz CT molecular complexity index is 494. The van der Waals surface area contributed by atoms with Crippen LogP contribution in [0, 0.1) is 6.92 Å². The van der Waals surface area contributed by atoms with E-state index in [4.69, 9.17) is 10.5 Å². The highest BCUT2D eigenvalue weighted by Crippen LogP contribution is 2.08. The van der Waals surface area contributed by atoms with Gasteiger partial charge in [0.25, 0.3) is 5.95 Å². The Balaban J connectivity index is 2.40. The van der Waals surface area contributed by atoms with E-state index in [-0.39, 0.29) is 12.0 Å². The molecule has 0 unspecified atom stereocenters. The molecule has 2 aromatic heterocycles. The number of rotatable bonds is 3. The Morgan fingerprint density at radius 1 is 1.38 bits per heavy atom. The van der Waals surface area contributed by atoms with Crippen LogP contribution in [0.4, 0.5) is 5.95 Å². The van der Waals surface area contributed by atoms with Crippen LogP contribution in [-0.2, 0) is 0 Å². The predicted octanol–water partition coefficient (Wildman–Crippen LogP) is 0.347. The summed E-state index contributed by atoms with van der Waals surface area (Å²) in [5.74, 6) is 0.464. The largest absolute Gasteiger partial charge is 0.464 e. The van der Waals surface area contributed by atoms with Crippen molar-refractivity contribution < 1.29 is 4.74 Å². The fraction of sp³-hybridized carbons (Fsp3) is 0.333. The molecule has 84 valence electrons. The summed E-state index contributed by atoms with van der Waals surface area (Å²) in [6, 6.07) is 2.05. The van der Waals surface area contributed by atoms with Crippen molar-refractivity contribution >= 4 is 5.95 Å². The molecule has 0 bridgehead atoms. The summed E-state index contributed by atoms with van der Waals surface area (Å²) >= 11 is 0. The van der Waals surface area contributed by atoms with E-state index < -0.39 is 0 Å². The van der Waals surface area contributed by atoms with Gasteiger partial charge in [-0.05, 0) is 19.9 Å². The summed E-state index contributed by atoms with van der Waals surface area (Å²) < 4.78 is 6.70. The third-order valence-corrected chi connectivity index (χ3v) is 1.82. The number of aromatic nitrogens is 5. The van der Waals surface area contributed by atoms with Gasteiger partial charge in [0.15, 0.2) is 0 Å². The Hall–Kier alpha value is -2.18. The number of nitrogens with zero attached hydrogens (tertiary/aromatic N) is 5. The zero-order chi connectivity index (χ0) is 11.5. The fourth-order valence-electron chi connectivity index (χ4n) is 1.18. The van der Waals surface area contributed by atoms with Crippen LogP contribution in [0.2, 0.25) is 0 Å². The molecule has 0 aromatic carbocycles. The maximum Gasteiger partial charge on any atom is 0.323 e. The number of nitrogens with two attached hydrogens (primary N) is 1. The van der Waals surface area contributed by atoms with Crippen LogP contribution in [0.5, 0.6) is 6.01 Å². The van der Waals surface area contributed by atoms with Crippen molar-refractivity contribution in [3.63, 3.8) is 0 Å². The topological polar surface area (TPSA) is 91.7 Å². The van der Waals surface area contributed by atoms with Gasteiger partial charge in [0.2, 0.25) is 5.95 Å². The van der Waals surface area contributed by atoms with Crippen molar-refractivity contribution in [2.24, 2.45) is 0 Å². The van der Waals surface area contributed by atoms with Gasteiger partial charge in [-0.2, -0.15) is 20.1 Å². The van der Waals surface area contributed by atoms with Crippen molar-refractivity contribution in [1.82, 2.24) is 24.7 Å². The van der Waals surface area contributed by atoms with Gasteiger partial charge in [0, 0.05) is 6.20 Å². The lowest BCUT2D eigenvalue weighted by molar-refractivity contribution is 0.311. The van der Waals surface area contributed by atoms with E-state index in [1.54, 1.807) is 6.20 Å². The number of nitrogen functional groups attached to an aromatic ring is 1. The highest BCUT2D eigenvalue weighted by Gasteiger charge is 2.07. The normalized spacial score (nSPS) is 10.4. The molecule has 7 heteroatoms. The molecule has 2 aromatic rings. The maximum atomic E-state index is 5.55. The monoisotopic (exact) mass is 220 g/mol. The predicted molar refractivity (Wildman–Crippen MR) is 57.3 cm³/mol. The molecule has 0 fully saturated rings. The summed E-state index contributed by atoms with van der Waals surface area (Å²) in [4.78, 5) is 11.9. The first-order valence-electron chi connectivity index (χ1n) is 4.86. The van der Waals surface area contributed by atoms with E-state index in [2.05, 4.69) is 20.1 Å². The smallest absolute Gasteiger partial charge is 0.323 e.